The van der Waals surface area contributed by atoms with E-state index in [1.807, 2.05) is 0 Å². The zero-order valence-corrected chi connectivity index (χ0v) is 6.97. The minimum atomic E-state index is -2.96. The molecule has 1 aromatic heterocycles. The summed E-state index contributed by atoms with van der Waals surface area (Å²) in [4.78, 5) is 3.45. The van der Waals surface area contributed by atoms with Crippen LogP contribution in [0.2, 0.25) is 0 Å². The van der Waals surface area contributed by atoms with Crippen molar-refractivity contribution in [3.63, 3.8) is 0 Å². The predicted octanol–water partition coefficient (Wildman–Crippen LogP) is 1.81. The lowest BCUT2D eigenvalue weighted by Gasteiger charge is -2.05. The number of rotatable bonds is 2. The van der Waals surface area contributed by atoms with Crippen LogP contribution >= 0.6 is 0 Å². The van der Waals surface area contributed by atoms with Crippen LogP contribution in [0.5, 0.6) is 0 Å². The molecule has 0 aliphatic carbocycles. The van der Waals surface area contributed by atoms with Crippen molar-refractivity contribution in [2.45, 2.75) is 12.8 Å². The molecule has 0 saturated heterocycles. The van der Waals surface area contributed by atoms with Crippen molar-refractivity contribution < 1.29 is 13.2 Å². The molecule has 0 aromatic carbocycles. The SMILES string of the molecule is N#CCc1nc(N)cc(C(F)F)c1F. The van der Waals surface area contributed by atoms with Crippen LogP contribution in [0.1, 0.15) is 17.7 Å². The average Bonchev–Trinajstić information content (AvgIpc) is 2.10. The molecule has 1 aromatic rings. The number of nitriles is 1. The smallest absolute Gasteiger partial charge is 0.266 e. The molecule has 14 heavy (non-hydrogen) atoms. The summed E-state index contributed by atoms with van der Waals surface area (Å²) in [6, 6.07) is 2.38. The molecule has 0 fully saturated rings. The van der Waals surface area contributed by atoms with E-state index in [1.165, 1.54) is 0 Å². The van der Waals surface area contributed by atoms with Gasteiger partial charge in [-0.3, -0.25) is 0 Å². The fourth-order valence-corrected chi connectivity index (χ4v) is 0.977. The Morgan fingerprint density at radius 2 is 2.21 bits per heavy atom. The van der Waals surface area contributed by atoms with Crippen molar-refractivity contribution in [3.05, 3.63) is 23.1 Å². The van der Waals surface area contributed by atoms with Gasteiger partial charge in [0, 0.05) is 0 Å². The molecule has 0 aliphatic heterocycles. The highest BCUT2D eigenvalue weighted by Crippen LogP contribution is 2.25. The lowest BCUT2D eigenvalue weighted by atomic mass is 10.2. The molecule has 0 atom stereocenters. The van der Waals surface area contributed by atoms with Crippen LogP contribution in [-0.2, 0) is 6.42 Å². The Morgan fingerprint density at radius 3 is 2.71 bits per heavy atom. The van der Waals surface area contributed by atoms with Gasteiger partial charge in [0.15, 0.2) is 5.82 Å². The largest absolute Gasteiger partial charge is 0.384 e. The lowest BCUT2D eigenvalue weighted by Crippen LogP contribution is -2.04. The second kappa shape index (κ2) is 3.96. The molecular formula is C8H6F3N3. The Balaban J connectivity index is 3.26. The zero-order chi connectivity index (χ0) is 10.7. The first-order valence-electron chi connectivity index (χ1n) is 3.66. The second-order valence-electron chi connectivity index (χ2n) is 2.53. The molecule has 2 N–H and O–H groups in total. The first-order valence-corrected chi connectivity index (χ1v) is 3.66. The summed E-state index contributed by atoms with van der Waals surface area (Å²) in [7, 11) is 0. The third-order valence-electron chi connectivity index (χ3n) is 1.56. The molecule has 3 nitrogen and oxygen atoms in total. The van der Waals surface area contributed by atoms with Crippen LogP contribution in [0.25, 0.3) is 0 Å². The highest BCUT2D eigenvalue weighted by atomic mass is 19.3. The quantitative estimate of drug-likeness (QED) is 0.793. The van der Waals surface area contributed by atoms with Crippen LogP contribution in [0.4, 0.5) is 19.0 Å². The number of nitrogens with zero attached hydrogens (tertiary/aromatic N) is 2. The fourth-order valence-electron chi connectivity index (χ4n) is 0.977. The summed E-state index contributed by atoms with van der Waals surface area (Å²) in [5, 5.41) is 8.28. The first kappa shape index (κ1) is 10.3. The summed E-state index contributed by atoms with van der Waals surface area (Å²) in [5.74, 6) is -1.37. The van der Waals surface area contributed by atoms with Gasteiger partial charge in [-0.05, 0) is 6.07 Å². The van der Waals surface area contributed by atoms with E-state index >= 15 is 0 Å². The average molecular weight is 201 g/mol. The van der Waals surface area contributed by atoms with E-state index in [4.69, 9.17) is 11.0 Å². The third kappa shape index (κ3) is 1.93. The summed E-state index contributed by atoms with van der Waals surface area (Å²) in [6.07, 6.45) is -3.34. The molecule has 1 rings (SSSR count). The number of anilines is 1. The molecule has 0 aliphatic rings. The first-order chi connectivity index (χ1) is 6.56. The Kier molecular flexibility index (Phi) is 2.92. The van der Waals surface area contributed by atoms with Crippen LogP contribution in [0.15, 0.2) is 6.07 Å². The molecule has 6 heteroatoms. The van der Waals surface area contributed by atoms with E-state index in [-0.39, 0.29) is 17.9 Å². The Labute approximate surface area is 78.0 Å². The monoisotopic (exact) mass is 201 g/mol. The molecule has 0 spiro atoms. The predicted molar refractivity (Wildman–Crippen MR) is 42.9 cm³/mol. The number of aromatic nitrogens is 1. The maximum atomic E-state index is 13.1. The molecule has 74 valence electrons. The van der Waals surface area contributed by atoms with Crippen molar-refractivity contribution >= 4 is 5.82 Å². The number of alkyl halides is 2. The summed E-state index contributed by atoms with van der Waals surface area (Å²) < 4.78 is 37.6. The van der Waals surface area contributed by atoms with Crippen LogP contribution in [0.3, 0.4) is 0 Å². The molecule has 0 radical (unpaired) electrons. The highest BCUT2D eigenvalue weighted by Gasteiger charge is 2.18. The Hall–Kier alpha value is -1.77. The molecular weight excluding hydrogens is 195 g/mol. The van der Waals surface area contributed by atoms with Gasteiger partial charge in [-0.2, -0.15) is 5.26 Å². The van der Waals surface area contributed by atoms with Gasteiger partial charge < -0.3 is 5.73 Å². The lowest BCUT2D eigenvalue weighted by molar-refractivity contribution is 0.146. The van der Waals surface area contributed by atoms with E-state index < -0.39 is 17.8 Å². The number of hydrogen-bond donors (Lipinski definition) is 1. The highest BCUT2D eigenvalue weighted by molar-refractivity contribution is 5.37. The van der Waals surface area contributed by atoms with Gasteiger partial charge in [-0.25, -0.2) is 18.2 Å². The van der Waals surface area contributed by atoms with Gasteiger partial charge >= 0.3 is 0 Å². The minimum absolute atomic E-state index is 0.216. The molecule has 0 saturated carbocycles. The summed E-state index contributed by atoms with van der Waals surface area (Å²) >= 11 is 0. The van der Waals surface area contributed by atoms with Gasteiger partial charge in [-0.15, -0.1) is 0 Å². The van der Waals surface area contributed by atoms with Crippen LogP contribution < -0.4 is 5.73 Å². The topological polar surface area (TPSA) is 62.7 Å². The minimum Gasteiger partial charge on any atom is -0.384 e. The van der Waals surface area contributed by atoms with Gasteiger partial charge in [0.2, 0.25) is 0 Å². The standard InChI is InChI=1S/C8H6F3N3/c9-7-4(8(10)11)3-6(13)14-5(7)1-2-12/h3,8H,1H2,(H2,13,14). The fraction of sp³-hybridized carbons (Fsp3) is 0.250. The molecule has 1 heterocycles. The van der Waals surface area contributed by atoms with Gasteiger partial charge in [-0.1, -0.05) is 0 Å². The summed E-state index contributed by atoms with van der Waals surface area (Å²) in [5.41, 5.74) is 4.01. The van der Waals surface area contributed by atoms with Gasteiger partial charge in [0.25, 0.3) is 6.43 Å². The van der Waals surface area contributed by atoms with E-state index in [2.05, 4.69) is 4.98 Å². The van der Waals surface area contributed by atoms with Crippen molar-refractivity contribution in [2.75, 3.05) is 5.73 Å². The second-order valence-corrected chi connectivity index (χ2v) is 2.53. The van der Waals surface area contributed by atoms with Crippen molar-refractivity contribution in [2.24, 2.45) is 0 Å². The van der Waals surface area contributed by atoms with Crippen molar-refractivity contribution in [3.8, 4) is 6.07 Å². The Bertz CT molecular complexity index is 384. The van der Waals surface area contributed by atoms with E-state index in [9.17, 15) is 13.2 Å². The maximum absolute atomic E-state index is 13.1. The zero-order valence-electron chi connectivity index (χ0n) is 6.97. The Morgan fingerprint density at radius 1 is 1.57 bits per heavy atom. The molecule has 0 amide bonds. The van der Waals surface area contributed by atoms with E-state index in [0.717, 1.165) is 6.07 Å². The van der Waals surface area contributed by atoms with Crippen molar-refractivity contribution in [1.82, 2.24) is 4.98 Å². The number of hydrogen-bond acceptors (Lipinski definition) is 3. The molecule has 0 bridgehead atoms. The van der Waals surface area contributed by atoms with Crippen molar-refractivity contribution in [1.29, 1.82) is 5.26 Å². The number of halogens is 3. The normalized spacial score (nSPS) is 10.2. The van der Waals surface area contributed by atoms with E-state index in [0.29, 0.717) is 0 Å². The third-order valence-corrected chi connectivity index (χ3v) is 1.56. The molecule has 0 unspecified atom stereocenters. The van der Waals surface area contributed by atoms with E-state index in [1.54, 1.807) is 6.07 Å². The number of nitrogen functional groups attached to an aromatic ring is 1. The number of pyridine rings is 1. The van der Waals surface area contributed by atoms with Gasteiger partial charge in [0.1, 0.15) is 5.82 Å². The maximum Gasteiger partial charge on any atom is 0.266 e. The van der Waals surface area contributed by atoms with Gasteiger partial charge in [0.05, 0.1) is 23.7 Å². The van der Waals surface area contributed by atoms with Crippen LogP contribution in [-0.4, -0.2) is 4.98 Å². The van der Waals surface area contributed by atoms with Crippen LogP contribution in [0, 0.1) is 17.1 Å². The summed E-state index contributed by atoms with van der Waals surface area (Å²) in [6.45, 7) is 0. The number of nitrogens with two attached hydrogens (primary N) is 1.